The van der Waals surface area contributed by atoms with Crippen LogP contribution in [-0.4, -0.2) is 24.8 Å². The Bertz CT molecular complexity index is 139. The topological polar surface area (TPSA) is 32.3 Å². The summed E-state index contributed by atoms with van der Waals surface area (Å²) in [6.45, 7) is 8.65. The predicted molar refractivity (Wildman–Crippen MR) is 57.8 cm³/mol. The van der Waals surface area contributed by atoms with E-state index in [9.17, 15) is 0 Å². The van der Waals surface area contributed by atoms with Crippen molar-refractivity contribution in [1.29, 1.82) is 0 Å². The molecule has 13 heavy (non-hydrogen) atoms. The van der Waals surface area contributed by atoms with Crippen LogP contribution in [0.25, 0.3) is 0 Å². The highest BCUT2D eigenvalue weighted by molar-refractivity contribution is 4.94. The number of rotatable bonds is 7. The van der Waals surface area contributed by atoms with Gasteiger partial charge in [-0.05, 0) is 32.7 Å². The highest BCUT2D eigenvalue weighted by Crippen LogP contribution is 2.05. The van der Waals surface area contributed by atoms with E-state index in [2.05, 4.69) is 32.2 Å². The van der Waals surface area contributed by atoms with E-state index in [1.54, 1.807) is 0 Å². The smallest absolute Gasteiger partial charge is 0.0434 e. The molecule has 0 fully saturated rings. The molecule has 0 bridgehead atoms. The van der Waals surface area contributed by atoms with Gasteiger partial charge in [0.2, 0.25) is 0 Å². The molecule has 0 saturated heterocycles. The zero-order chi connectivity index (χ0) is 10.1. The van der Waals surface area contributed by atoms with E-state index in [0.29, 0.717) is 12.5 Å². The third-order valence-corrected chi connectivity index (χ3v) is 2.20. The van der Waals surface area contributed by atoms with E-state index < -0.39 is 0 Å². The minimum atomic E-state index is 0.308. The monoisotopic (exact) mass is 185 g/mol. The van der Waals surface area contributed by atoms with E-state index in [-0.39, 0.29) is 0 Å². The average molecular weight is 185 g/mol. The van der Waals surface area contributed by atoms with Gasteiger partial charge in [-0.3, -0.25) is 0 Å². The van der Waals surface area contributed by atoms with Gasteiger partial charge in [0, 0.05) is 13.2 Å². The lowest BCUT2D eigenvalue weighted by Crippen LogP contribution is -2.23. The Hall–Kier alpha value is -0.340. The quantitative estimate of drug-likeness (QED) is 0.469. The van der Waals surface area contributed by atoms with Crippen LogP contribution < -0.4 is 5.32 Å². The van der Waals surface area contributed by atoms with Crippen molar-refractivity contribution in [2.45, 2.75) is 33.6 Å². The standard InChI is InChI=1S/C11H23NO/c1-4-11(6-8-13)9-12-7-5-10(2)3/h5,11-13H,4,6-9H2,1-3H3. The van der Waals surface area contributed by atoms with E-state index in [1.807, 2.05) is 0 Å². The SMILES string of the molecule is CCC(CCO)CNCC=C(C)C. The van der Waals surface area contributed by atoms with Crippen LogP contribution in [0.3, 0.4) is 0 Å². The molecular weight excluding hydrogens is 162 g/mol. The average Bonchev–Trinajstić information content (AvgIpc) is 2.10. The molecule has 0 aliphatic heterocycles. The fourth-order valence-corrected chi connectivity index (χ4v) is 1.20. The zero-order valence-electron chi connectivity index (χ0n) is 9.14. The maximum absolute atomic E-state index is 8.77. The molecule has 2 nitrogen and oxygen atoms in total. The number of hydrogen-bond acceptors (Lipinski definition) is 2. The summed E-state index contributed by atoms with van der Waals surface area (Å²) in [6.07, 6.45) is 4.24. The fourth-order valence-electron chi connectivity index (χ4n) is 1.20. The van der Waals surface area contributed by atoms with E-state index in [1.165, 1.54) is 5.57 Å². The first-order valence-corrected chi connectivity index (χ1v) is 5.15. The maximum Gasteiger partial charge on any atom is 0.0434 e. The van der Waals surface area contributed by atoms with Gasteiger partial charge in [-0.2, -0.15) is 0 Å². The first-order valence-electron chi connectivity index (χ1n) is 5.15. The van der Waals surface area contributed by atoms with Crippen molar-refractivity contribution < 1.29 is 5.11 Å². The van der Waals surface area contributed by atoms with Crippen molar-refractivity contribution in [3.8, 4) is 0 Å². The molecular formula is C11H23NO. The number of allylic oxidation sites excluding steroid dienone is 1. The molecule has 78 valence electrons. The molecule has 1 unspecified atom stereocenters. The van der Waals surface area contributed by atoms with Crippen molar-refractivity contribution in [2.24, 2.45) is 5.92 Å². The molecule has 2 heteroatoms. The third kappa shape index (κ3) is 8.00. The molecule has 0 aliphatic rings. The van der Waals surface area contributed by atoms with Gasteiger partial charge in [0.1, 0.15) is 0 Å². The number of aliphatic hydroxyl groups excluding tert-OH is 1. The first kappa shape index (κ1) is 12.7. The third-order valence-electron chi connectivity index (χ3n) is 2.20. The Morgan fingerprint density at radius 2 is 2.15 bits per heavy atom. The molecule has 0 rings (SSSR count). The molecule has 1 atom stereocenters. The highest BCUT2D eigenvalue weighted by Gasteiger charge is 2.03. The maximum atomic E-state index is 8.77. The molecule has 0 aromatic rings. The summed E-state index contributed by atoms with van der Waals surface area (Å²) in [5.41, 5.74) is 1.35. The second-order valence-corrected chi connectivity index (χ2v) is 3.73. The Morgan fingerprint density at radius 3 is 2.62 bits per heavy atom. The fraction of sp³-hybridized carbons (Fsp3) is 0.818. The van der Waals surface area contributed by atoms with Crippen LogP contribution in [0.2, 0.25) is 0 Å². The summed E-state index contributed by atoms with van der Waals surface area (Å²) in [4.78, 5) is 0. The van der Waals surface area contributed by atoms with Gasteiger partial charge in [0.15, 0.2) is 0 Å². The van der Waals surface area contributed by atoms with Gasteiger partial charge >= 0.3 is 0 Å². The predicted octanol–water partition coefficient (Wildman–Crippen LogP) is 1.95. The summed E-state index contributed by atoms with van der Waals surface area (Å²) in [5.74, 6) is 0.621. The van der Waals surface area contributed by atoms with Gasteiger partial charge in [-0.1, -0.05) is 25.0 Å². The molecule has 0 aliphatic carbocycles. The Balaban J connectivity index is 3.43. The number of nitrogens with one attached hydrogen (secondary N) is 1. The van der Waals surface area contributed by atoms with E-state index in [0.717, 1.165) is 25.9 Å². The molecule has 0 aromatic carbocycles. The Kier molecular flexibility index (Phi) is 8.05. The molecule has 0 spiro atoms. The van der Waals surface area contributed by atoms with Crippen LogP contribution in [0.15, 0.2) is 11.6 Å². The van der Waals surface area contributed by atoms with Crippen LogP contribution >= 0.6 is 0 Å². The van der Waals surface area contributed by atoms with Crippen LogP contribution in [0.4, 0.5) is 0 Å². The second-order valence-electron chi connectivity index (χ2n) is 3.73. The lowest BCUT2D eigenvalue weighted by molar-refractivity contribution is 0.252. The van der Waals surface area contributed by atoms with E-state index in [4.69, 9.17) is 5.11 Å². The van der Waals surface area contributed by atoms with Gasteiger partial charge < -0.3 is 10.4 Å². The lowest BCUT2D eigenvalue weighted by Gasteiger charge is -2.13. The van der Waals surface area contributed by atoms with Crippen LogP contribution in [-0.2, 0) is 0 Å². The highest BCUT2D eigenvalue weighted by atomic mass is 16.3. The zero-order valence-corrected chi connectivity index (χ0v) is 9.14. The summed E-state index contributed by atoms with van der Waals surface area (Å²) in [7, 11) is 0. The lowest BCUT2D eigenvalue weighted by atomic mass is 10.0. The number of hydrogen-bond donors (Lipinski definition) is 2. The van der Waals surface area contributed by atoms with Gasteiger partial charge in [-0.15, -0.1) is 0 Å². The summed E-state index contributed by atoms with van der Waals surface area (Å²) >= 11 is 0. The van der Waals surface area contributed by atoms with E-state index >= 15 is 0 Å². The molecule has 0 radical (unpaired) electrons. The minimum Gasteiger partial charge on any atom is -0.396 e. The van der Waals surface area contributed by atoms with Crippen molar-refractivity contribution >= 4 is 0 Å². The number of aliphatic hydroxyl groups is 1. The molecule has 2 N–H and O–H groups in total. The molecule has 0 aromatic heterocycles. The first-order chi connectivity index (χ1) is 6.20. The normalized spacial score (nSPS) is 12.6. The summed E-state index contributed by atoms with van der Waals surface area (Å²) < 4.78 is 0. The Labute approximate surface area is 82.0 Å². The van der Waals surface area contributed by atoms with Crippen molar-refractivity contribution in [2.75, 3.05) is 19.7 Å². The minimum absolute atomic E-state index is 0.308. The van der Waals surface area contributed by atoms with Crippen LogP contribution in [0.1, 0.15) is 33.6 Å². The van der Waals surface area contributed by atoms with Gasteiger partial charge in [0.25, 0.3) is 0 Å². The van der Waals surface area contributed by atoms with Gasteiger partial charge in [0.05, 0.1) is 0 Å². The second kappa shape index (κ2) is 8.27. The Morgan fingerprint density at radius 1 is 1.46 bits per heavy atom. The van der Waals surface area contributed by atoms with Gasteiger partial charge in [-0.25, -0.2) is 0 Å². The van der Waals surface area contributed by atoms with Crippen molar-refractivity contribution in [1.82, 2.24) is 5.32 Å². The van der Waals surface area contributed by atoms with Crippen molar-refractivity contribution in [3.05, 3.63) is 11.6 Å². The van der Waals surface area contributed by atoms with Crippen LogP contribution in [0.5, 0.6) is 0 Å². The molecule has 0 heterocycles. The van der Waals surface area contributed by atoms with Crippen molar-refractivity contribution in [3.63, 3.8) is 0 Å². The molecule has 0 amide bonds. The summed E-state index contributed by atoms with van der Waals surface area (Å²) in [6, 6.07) is 0. The summed E-state index contributed by atoms with van der Waals surface area (Å²) in [5, 5.41) is 12.1. The molecule has 0 saturated carbocycles. The van der Waals surface area contributed by atoms with Crippen LogP contribution in [0, 0.1) is 5.92 Å². The largest absolute Gasteiger partial charge is 0.396 e.